The minimum atomic E-state index is -0.540. The number of thiophene rings is 1. The summed E-state index contributed by atoms with van der Waals surface area (Å²) in [7, 11) is 1.30. The van der Waals surface area contributed by atoms with E-state index in [0.717, 1.165) is 10.4 Å². The van der Waals surface area contributed by atoms with Crippen molar-refractivity contribution < 1.29 is 18.7 Å². The number of halogens is 1. The first-order chi connectivity index (χ1) is 15.1. The van der Waals surface area contributed by atoms with Gasteiger partial charge < -0.3 is 10.1 Å². The molecule has 1 N–H and O–H groups in total. The second-order valence-corrected chi connectivity index (χ2v) is 9.96. The molecule has 3 rings (SSSR count). The molecule has 2 aromatic carbocycles. The monoisotopic (exact) mass is 453 g/mol. The summed E-state index contributed by atoms with van der Waals surface area (Å²) in [5.74, 6) is -1.07. The summed E-state index contributed by atoms with van der Waals surface area (Å²) in [5.41, 5.74) is 4.05. The number of esters is 1. The normalized spacial score (nSPS) is 11.3. The number of amides is 1. The number of carbonyl (C=O) groups excluding carboxylic acids is 2. The largest absolute Gasteiger partial charge is 0.465 e. The lowest BCUT2D eigenvalue weighted by molar-refractivity contribution is -0.116. The summed E-state index contributed by atoms with van der Waals surface area (Å²) in [6.45, 7) is 8.36. The topological polar surface area (TPSA) is 55.4 Å². The van der Waals surface area contributed by atoms with Crippen molar-refractivity contribution in [2.75, 3.05) is 12.4 Å². The van der Waals surface area contributed by atoms with Gasteiger partial charge in [0, 0.05) is 16.9 Å². The van der Waals surface area contributed by atoms with Crippen molar-refractivity contribution in [3.63, 3.8) is 0 Å². The summed E-state index contributed by atoms with van der Waals surface area (Å²) < 4.78 is 18.3. The number of anilines is 1. The lowest BCUT2D eigenvalue weighted by Gasteiger charge is -2.19. The smallest absolute Gasteiger partial charge is 0.341 e. The standard InChI is InChI=1S/C26H28FNO3S/c1-16-22(18-9-13-20(27)14-10-18)23(25(30)31-5)24(32-16)28-21(29)15-8-17-6-11-19(12-7-17)26(2,3)4/h6-7,9-14H,8,15H2,1-5H3,(H,28,29). The maximum atomic E-state index is 13.4. The average molecular weight is 454 g/mol. The Bertz CT molecular complexity index is 1110. The summed E-state index contributed by atoms with van der Waals surface area (Å²) in [5, 5.41) is 3.32. The molecule has 6 heteroatoms. The van der Waals surface area contributed by atoms with Gasteiger partial charge in [-0.1, -0.05) is 57.2 Å². The Balaban J connectivity index is 1.78. The van der Waals surface area contributed by atoms with Gasteiger partial charge in [0.1, 0.15) is 16.4 Å². The van der Waals surface area contributed by atoms with Crippen LogP contribution in [0.25, 0.3) is 11.1 Å². The minimum Gasteiger partial charge on any atom is -0.465 e. The maximum absolute atomic E-state index is 13.4. The number of hydrogen-bond acceptors (Lipinski definition) is 4. The van der Waals surface area contributed by atoms with Gasteiger partial charge in [0.25, 0.3) is 0 Å². The number of benzene rings is 2. The molecule has 0 radical (unpaired) electrons. The molecule has 0 aliphatic rings. The van der Waals surface area contributed by atoms with Crippen molar-refractivity contribution in [2.45, 2.75) is 46.0 Å². The number of nitrogens with one attached hydrogen (secondary N) is 1. The number of methoxy groups -OCH3 is 1. The molecule has 0 bridgehead atoms. The number of hydrogen-bond donors (Lipinski definition) is 1. The average Bonchev–Trinajstić information content (AvgIpc) is 3.07. The van der Waals surface area contributed by atoms with E-state index in [1.54, 1.807) is 12.1 Å². The van der Waals surface area contributed by atoms with Gasteiger partial charge in [0.05, 0.1) is 7.11 Å². The van der Waals surface area contributed by atoms with E-state index in [2.05, 4.69) is 50.4 Å². The molecule has 0 unspecified atom stereocenters. The molecule has 0 aliphatic heterocycles. The highest BCUT2D eigenvalue weighted by Crippen LogP contribution is 2.40. The van der Waals surface area contributed by atoms with Gasteiger partial charge in [-0.25, -0.2) is 9.18 Å². The second kappa shape index (κ2) is 9.65. The summed E-state index contributed by atoms with van der Waals surface area (Å²) >= 11 is 1.31. The Hall–Kier alpha value is -2.99. The molecule has 0 spiro atoms. The van der Waals surface area contributed by atoms with E-state index < -0.39 is 5.97 Å². The number of carbonyl (C=O) groups is 2. The van der Waals surface area contributed by atoms with Gasteiger partial charge in [0.2, 0.25) is 5.91 Å². The molecular weight excluding hydrogens is 425 g/mol. The molecular formula is C26H28FNO3S. The van der Waals surface area contributed by atoms with Gasteiger partial charge in [-0.3, -0.25) is 4.79 Å². The van der Waals surface area contributed by atoms with Crippen LogP contribution in [0.5, 0.6) is 0 Å². The first kappa shape index (κ1) is 23.7. The fourth-order valence-electron chi connectivity index (χ4n) is 3.51. The molecule has 0 fully saturated rings. The van der Waals surface area contributed by atoms with Crippen LogP contribution in [-0.4, -0.2) is 19.0 Å². The molecule has 168 valence electrons. The fourth-order valence-corrected chi connectivity index (χ4v) is 4.59. The highest BCUT2D eigenvalue weighted by molar-refractivity contribution is 7.17. The quantitative estimate of drug-likeness (QED) is 0.432. The number of rotatable bonds is 6. The molecule has 1 aromatic heterocycles. The highest BCUT2D eigenvalue weighted by atomic mass is 32.1. The number of ether oxygens (including phenoxy) is 1. The van der Waals surface area contributed by atoms with Gasteiger partial charge >= 0.3 is 5.97 Å². The van der Waals surface area contributed by atoms with Crippen LogP contribution in [0.2, 0.25) is 0 Å². The van der Waals surface area contributed by atoms with Crippen molar-refractivity contribution in [2.24, 2.45) is 0 Å². The van der Waals surface area contributed by atoms with Crippen LogP contribution in [0.15, 0.2) is 48.5 Å². The molecule has 1 amide bonds. The zero-order valence-electron chi connectivity index (χ0n) is 19.0. The van der Waals surface area contributed by atoms with E-state index in [1.165, 1.54) is 36.1 Å². The molecule has 0 atom stereocenters. The molecule has 0 saturated heterocycles. The third-order valence-corrected chi connectivity index (χ3v) is 6.34. The van der Waals surface area contributed by atoms with E-state index in [1.807, 2.05) is 6.92 Å². The first-order valence-corrected chi connectivity index (χ1v) is 11.3. The van der Waals surface area contributed by atoms with Crippen molar-refractivity contribution in [1.29, 1.82) is 0 Å². The van der Waals surface area contributed by atoms with Gasteiger partial charge in [-0.05, 0) is 47.6 Å². The number of aryl methyl sites for hydroxylation is 2. The van der Waals surface area contributed by atoms with E-state index in [9.17, 15) is 14.0 Å². The Kier molecular flexibility index (Phi) is 7.14. The molecule has 4 nitrogen and oxygen atoms in total. The lowest BCUT2D eigenvalue weighted by Crippen LogP contribution is -2.15. The second-order valence-electron chi connectivity index (χ2n) is 8.73. The minimum absolute atomic E-state index is 0.0828. The first-order valence-electron chi connectivity index (χ1n) is 10.5. The predicted molar refractivity (Wildman–Crippen MR) is 128 cm³/mol. The zero-order valence-corrected chi connectivity index (χ0v) is 19.9. The fraction of sp³-hybridized carbons (Fsp3) is 0.308. The van der Waals surface area contributed by atoms with Crippen molar-refractivity contribution in [3.8, 4) is 11.1 Å². The van der Waals surface area contributed by atoms with Gasteiger partial charge in [0.15, 0.2) is 0 Å². The van der Waals surface area contributed by atoms with E-state index in [4.69, 9.17) is 4.74 Å². The van der Waals surface area contributed by atoms with Crippen LogP contribution in [0.3, 0.4) is 0 Å². The van der Waals surface area contributed by atoms with Crippen molar-refractivity contribution >= 4 is 28.2 Å². The summed E-state index contributed by atoms with van der Waals surface area (Å²) in [4.78, 5) is 26.1. The van der Waals surface area contributed by atoms with Crippen LogP contribution in [-0.2, 0) is 21.4 Å². The highest BCUT2D eigenvalue weighted by Gasteiger charge is 2.25. The molecule has 32 heavy (non-hydrogen) atoms. The molecule has 3 aromatic rings. The van der Waals surface area contributed by atoms with E-state index in [0.29, 0.717) is 28.1 Å². The molecule has 0 saturated carbocycles. The Morgan fingerprint density at radius 1 is 1.03 bits per heavy atom. The van der Waals surface area contributed by atoms with Crippen LogP contribution < -0.4 is 5.32 Å². The molecule has 1 heterocycles. The van der Waals surface area contributed by atoms with Crippen LogP contribution >= 0.6 is 11.3 Å². The third-order valence-electron chi connectivity index (χ3n) is 5.32. The SMILES string of the molecule is COC(=O)c1c(NC(=O)CCc2ccc(C(C)(C)C)cc2)sc(C)c1-c1ccc(F)cc1. The maximum Gasteiger partial charge on any atom is 0.341 e. The summed E-state index contributed by atoms with van der Waals surface area (Å²) in [6.07, 6.45) is 0.886. The van der Waals surface area contributed by atoms with Crippen molar-refractivity contribution in [3.05, 3.63) is 75.9 Å². The van der Waals surface area contributed by atoms with Crippen LogP contribution in [0.4, 0.5) is 9.39 Å². The molecule has 0 aliphatic carbocycles. The Morgan fingerprint density at radius 3 is 2.22 bits per heavy atom. The van der Waals surface area contributed by atoms with E-state index >= 15 is 0 Å². The Morgan fingerprint density at radius 2 is 1.66 bits per heavy atom. The Labute approximate surface area is 192 Å². The van der Waals surface area contributed by atoms with Crippen molar-refractivity contribution in [1.82, 2.24) is 0 Å². The van der Waals surface area contributed by atoms with Gasteiger partial charge in [-0.15, -0.1) is 11.3 Å². The summed E-state index contributed by atoms with van der Waals surface area (Å²) in [6, 6.07) is 14.2. The van der Waals surface area contributed by atoms with E-state index in [-0.39, 0.29) is 23.6 Å². The lowest BCUT2D eigenvalue weighted by atomic mass is 9.86. The van der Waals surface area contributed by atoms with Crippen LogP contribution in [0, 0.1) is 12.7 Å². The van der Waals surface area contributed by atoms with Crippen LogP contribution in [0.1, 0.15) is 53.6 Å². The zero-order chi connectivity index (χ0) is 23.5. The predicted octanol–water partition coefficient (Wildman–Crippen LogP) is 6.52. The third kappa shape index (κ3) is 5.43. The van der Waals surface area contributed by atoms with Gasteiger partial charge in [-0.2, -0.15) is 0 Å².